The van der Waals surface area contributed by atoms with Gasteiger partial charge in [-0.1, -0.05) is 13.8 Å². The van der Waals surface area contributed by atoms with Crippen LogP contribution in [0.3, 0.4) is 0 Å². The zero-order valence-electron chi connectivity index (χ0n) is 12.1. The number of methoxy groups -OCH3 is 2. The molecule has 19 heavy (non-hydrogen) atoms. The van der Waals surface area contributed by atoms with Crippen LogP contribution in [-0.4, -0.2) is 42.0 Å². The Morgan fingerprint density at radius 2 is 1.95 bits per heavy atom. The van der Waals surface area contributed by atoms with Crippen LogP contribution in [0, 0.1) is 5.92 Å². The van der Waals surface area contributed by atoms with E-state index < -0.39 is 6.10 Å². The average molecular weight is 270 g/mol. The molecule has 0 amide bonds. The van der Waals surface area contributed by atoms with Crippen LogP contribution in [0.5, 0.6) is 11.8 Å². The van der Waals surface area contributed by atoms with Crippen molar-refractivity contribution in [1.82, 2.24) is 9.97 Å². The SMILES string of the molecule is CCOC(C(C)C)C(O)c1ncc(OC)nc1OC. The van der Waals surface area contributed by atoms with Crippen LogP contribution in [0.4, 0.5) is 0 Å². The van der Waals surface area contributed by atoms with Gasteiger partial charge in [-0.25, -0.2) is 4.98 Å². The molecule has 0 saturated carbocycles. The van der Waals surface area contributed by atoms with E-state index in [9.17, 15) is 5.11 Å². The van der Waals surface area contributed by atoms with E-state index in [4.69, 9.17) is 14.2 Å². The van der Waals surface area contributed by atoms with E-state index in [0.29, 0.717) is 18.2 Å². The molecule has 1 rings (SSSR count). The molecule has 1 aromatic rings. The van der Waals surface area contributed by atoms with Crippen molar-refractivity contribution in [1.29, 1.82) is 0 Å². The summed E-state index contributed by atoms with van der Waals surface area (Å²) in [5, 5.41) is 10.4. The van der Waals surface area contributed by atoms with Gasteiger partial charge in [0.05, 0.1) is 26.5 Å². The molecule has 1 aromatic heterocycles. The van der Waals surface area contributed by atoms with Gasteiger partial charge < -0.3 is 19.3 Å². The molecule has 1 N–H and O–H groups in total. The highest BCUT2D eigenvalue weighted by Crippen LogP contribution is 2.29. The molecular weight excluding hydrogens is 248 g/mol. The van der Waals surface area contributed by atoms with Crippen molar-refractivity contribution >= 4 is 0 Å². The summed E-state index contributed by atoms with van der Waals surface area (Å²) < 4.78 is 15.7. The van der Waals surface area contributed by atoms with E-state index in [2.05, 4.69) is 9.97 Å². The zero-order valence-corrected chi connectivity index (χ0v) is 12.1. The number of hydrogen-bond donors (Lipinski definition) is 1. The molecule has 108 valence electrons. The molecule has 6 heteroatoms. The van der Waals surface area contributed by atoms with Gasteiger partial charge in [-0.05, 0) is 12.8 Å². The minimum Gasteiger partial charge on any atom is -0.480 e. The maximum Gasteiger partial charge on any atom is 0.241 e. The second-order valence-electron chi connectivity index (χ2n) is 4.42. The van der Waals surface area contributed by atoms with Gasteiger partial charge in [-0.2, -0.15) is 4.98 Å². The number of nitrogens with zero attached hydrogens (tertiary/aromatic N) is 2. The number of aromatic nitrogens is 2. The summed E-state index contributed by atoms with van der Waals surface area (Å²) in [4.78, 5) is 8.27. The molecule has 6 nitrogen and oxygen atoms in total. The molecule has 0 spiro atoms. The Kier molecular flexibility index (Phi) is 5.98. The van der Waals surface area contributed by atoms with Crippen LogP contribution in [0.2, 0.25) is 0 Å². The van der Waals surface area contributed by atoms with E-state index in [-0.39, 0.29) is 17.9 Å². The molecule has 0 aliphatic rings. The van der Waals surface area contributed by atoms with Crippen LogP contribution in [0.1, 0.15) is 32.6 Å². The van der Waals surface area contributed by atoms with Crippen molar-refractivity contribution < 1.29 is 19.3 Å². The lowest BCUT2D eigenvalue weighted by Crippen LogP contribution is -2.29. The summed E-state index contributed by atoms with van der Waals surface area (Å²) in [6, 6.07) is 0. The molecule has 0 aromatic carbocycles. The fourth-order valence-corrected chi connectivity index (χ4v) is 1.81. The molecule has 0 fully saturated rings. The predicted octanol–water partition coefficient (Wildman–Crippen LogP) is 1.59. The topological polar surface area (TPSA) is 73.7 Å². The lowest BCUT2D eigenvalue weighted by molar-refractivity contribution is -0.0611. The second kappa shape index (κ2) is 7.25. The third-order valence-corrected chi connectivity index (χ3v) is 2.75. The Morgan fingerprint density at radius 3 is 2.42 bits per heavy atom. The quantitative estimate of drug-likeness (QED) is 0.811. The zero-order chi connectivity index (χ0) is 14.4. The first kappa shape index (κ1) is 15.7. The number of rotatable bonds is 7. The minimum absolute atomic E-state index is 0.142. The first-order valence-electron chi connectivity index (χ1n) is 6.29. The first-order chi connectivity index (χ1) is 9.04. The van der Waals surface area contributed by atoms with Crippen LogP contribution in [0.25, 0.3) is 0 Å². The van der Waals surface area contributed by atoms with Gasteiger partial charge in [0, 0.05) is 6.61 Å². The summed E-state index contributed by atoms with van der Waals surface area (Å²) >= 11 is 0. The van der Waals surface area contributed by atoms with Gasteiger partial charge in [0.25, 0.3) is 0 Å². The molecule has 0 aliphatic heterocycles. The van der Waals surface area contributed by atoms with Crippen molar-refractivity contribution in [2.75, 3.05) is 20.8 Å². The molecular formula is C13H22N2O4. The molecule has 2 atom stereocenters. The van der Waals surface area contributed by atoms with Gasteiger partial charge in [0.2, 0.25) is 11.8 Å². The van der Waals surface area contributed by atoms with E-state index in [1.54, 1.807) is 0 Å². The third kappa shape index (κ3) is 3.78. The van der Waals surface area contributed by atoms with Crippen LogP contribution in [0.15, 0.2) is 6.20 Å². The minimum atomic E-state index is -0.895. The van der Waals surface area contributed by atoms with Gasteiger partial charge in [0.15, 0.2) is 0 Å². The third-order valence-electron chi connectivity index (χ3n) is 2.75. The molecule has 0 bridgehead atoms. The Balaban J connectivity index is 3.05. The summed E-state index contributed by atoms with van der Waals surface area (Å²) in [7, 11) is 2.97. The fourth-order valence-electron chi connectivity index (χ4n) is 1.81. The predicted molar refractivity (Wildman–Crippen MR) is 70.3 cm³/mol. The van der Waals surface area contributed by atoms with Crippen molar-refractivity contribution in [3.05, 3.63) is 11.9 Å². The maximum absolute atomic E-state index is 10.4. The maximum atomic E-state index is 10.4. The lowest BCUT2D eigenvalue weighted by Gasteiger charge is -2.26. The van der Waals surface area contributed by atoms with Crippen molar-refractivity contribution in [3.8, 4) is 11.8 Å². The van der Waals surface area contributed by atoms with E-state index in [0.717, 1.165) is 0 Å². The normalized spacial score (nSPS) is 14.3. The van der Waals surface area contributed by atoms with Crippen LogP contribution < -0.4 is 9.47 Å². The largest absolute Gasteiger partial charge is 0.480 e. The first-order valence-corrected chi connectivity index (χ1v) is 6.29. The highest BCUT2D eigenvalue weighted by molar-refractivity contribution is 5.25. The van der Waals surface area contributed by atoms with Gasteiger partial charge in [0.1, 0.15) is 11.8 Å². The highest BCUT2D eigenvalue weighted by atomic mass is 16.5. The van der Waals surface area contributed by atoms with Crippen molar-refractivity contribution in [2.45, 2.75) is 33.0 Å². The Hall–Kier alpha value is -1.40. The monoisotopic (exact) mass is 270 g/mol. The number of aliphatic hydroxyl groups is 1. The van der Waals surface area contributed by atoms with Gasteiger partial charge >= 0.3 is 0 Å². The smallest absolute Gasteiger partial charge is 0.241 e. The highest BCUT2D eigenvalue weighted by Gasteiger charge is 2.29. The lowest BCUT2D eigenvalue weighted by atomic mass is 9.99. The molecule has 0 radical (unpaired) electrons. The van der Waals surface area contributed by atoms with E-state index in [1.165, 1.54) is 20.4 Å². The summed E-state index contributed by atoms with van der Waals surface area (Å²) in [5.41, 5.74) is 0.357. The Labute approximate surface area is 113 Å². The summed E-state index contributed by atoms with van der Waals surface area (Å²) in [5.74, 6) is 0.728. The van der Waals surface area contributed by atoms with Crippen LogP contribution >= 0.6 is 0 Å². The van der Waals surface area contributed by atoms with Gasteiger partial charge in [-0.15, -0.1) is 0 Å². The number of ether oxygens (including phenoxy) is 3. The van der Waals surface area contributed by atoms with Gasteiger partial charge in [-0.3, -0.25) is 0 Å². The number of hydrogen-bond acceptors (Lipinski definition) is 6. The Morgan fingerprint density at radius 1 is 1.26 bits per heavy atom. The van der Waals surface area contributed by atoms with Crippen molar-refractivity contribution in [3.63, 3.8) is 0 Å². The Bertz CT molecular complexity index is 398. The van der Waals surface area contributed by atoms with E-state index >= 15 is 0 Å². The second-order valence-corrected chi connectivity index (χ2v) is 4.42. The fraction of sp³-hybridized carbons (Fsp3) is 0.692. The van der Waals surface area contributed by atoms with Crippen LogP contribution in [-0.2, 0) is 4.74 Å². The average Bonchev–Trinajstić information content (AvgIpc) is 2.42. The summed E-state index contributed by atoms with van der Waals surface area (Å²) in [6.45, 7) is 6.37. The molecule has 2 unspecified atom stereocenters. The molecule has 0 saturated heterocycles. The van der Waals surface area contributed by atoms with Crippen molar-refractivity contribution in [2.24, 2.45) is 5.92 Å². The number of aliphatic hydroxyl groups excluding tert-OH is 1. The summed E-state index contributed by atoms with van der Waals surface area (Å²) in [6.07, 6.45) is 0.194. The molecule has 1 heterocycles. The molecule has 0 aliphatic carbocycles. The van der Waals surface area contributed by atoms with E-state index in [1.807, 2.05) is 20.8 Å². The standard InChI is InChI=1S/C13H22N2O4/c1-6-19-12(8(2)3)11(16)10-13(18-5)15-9(17-4)7-14-10/h7-8,11-12,16H,6H2,1-5H3.